The molecule has 3 aromatic rings. The molecule has 6 nitrogen and oxygen atoms in total. The number of rotatable bonds is 7. The van der Waals surface area contributed by atoms with Gasteiger partial charge in [-0.25, -0.2) is 9.37 Å². The van der Waals surface area contributed by atoms with Crippen molar-refractivity contribution < 1.29 is 14.0 Å². The van der Waals surface area contributed by atoms with Crippen LogP contribution in [0, 0.1) is 11.7 Å². The number of amides is 2. The van der Waals surface area contributed by atoms with Crippen LogP contribution in [0.5, 0.6) is 0 Å². The van der Waals surface area contributed by atoms with Crippen molar-refractivity contribution in [1.29, 1.82) is 0 Å². The maximum absolute atomic E-state index is 13.1. The Morgan fingerprint density at radius 2 is 1.71 bits per heavy atom. The number of nitrogens with one attached hydrogen (secondary N) is 2. The zero-order valence-electron chi connectivity index (χ0n) is 17.4. The molecule has 0 bridgehead atoms. The first-order valence-electron chi connectivity index (χ1n) is 10.8. The summed E-state index contributed by atoms with van der Waals surface area (Å²) >= 11 is 0. The normalized spacial score (nSPS) is 14.5. The Labute approximate surface area is 180 Å². The molecule has 1 saturated carbocycles. The highest BCUT2D eigenvalue weighted by atomic mass is 19.1. The number of carbonyl (C=O) groups is 2. The molecule has 0 aliphatic heterocycles. The second-order valence-corrected chi connectivity index (χ2v) is 8.06. The summed E-state index contributed by atoms with van der Waals surface area (Å²) in [6, 6.07) is 13.7. The number of hydrogen-bond acceptors (Lipinski definition) is 3. The SMILES string of the molecule is O=C(Cn1c(CNC(=O)C2CCCCC2)nc2ccccc21)NCc1ccc(F)cc1. The van der Waals surface area contributed by atoms with Gasteiger partial charge in [-0.15, -0.1) is 0 Å². The predicted octanol–water partition coefficient (Wildman–Crippen LogP) is 3.69. The molecule has 0 atom stereocenters. The van der Waals surface area contributed by atoms with Gasteiger partial charge in [-0.1, -0.05) is 43.5 Å². The van der Waals surface area contributed by atoms with Crippen molar-refractivity contribution in [3.63, 3.8) is 0 Å². The van der Waals surface area contributed by atoms with Crippen molar-refractivity contribution in [3.8, 4) is 0 Å². The number of carbonyl (C=O) groups excluding carboxylic acids is 2. The highest BCUT2D eigenvalue weighted by molar-refractivity contribution is 5.82. The summed E-state index contributed by atoms with van der Waals surface area (Å²) in [5, 5.41) is 5.88. The standard InChI is InChI=1S/C24H27FN4O2/c25-19-12-10-17(11-13-19)14-26-23(30)16-29-21-9-5-4-8-20(21)28-22(29)15-27-24(31)18-6-2-1-3-7-18/h4-5,8-13,18H,1-3,6-7,14-16H2,(H,26,30)(H,27,31). The van der Waals surface area contributed by atoms with E-state index in [1.807, 2.05) is 28.8 Å². The van der Waals surface area contributed by atoms with E-state index in [1.54, 1.807) is 12.1 Å². The average Bonchev–Trinajstić information content (AvgIpc) is 3.15. The fourth-order valence-electron chi connectivity index (χ4n) is 4.11. The molecule has 1 aliphatic rings. The van der Waals surface area contributed by atoms with Gasteiger partial charge in [0.2, 0.25) is 11.8 Å². The van der Waals surface area contributed by atoms with Crippen LogP contribution in [0.2, 0.25) is 0 Å². The lowest BCUT2D eigenvalue weighted by molar-refractivity contribution is -0.126. The highest BCUT2D eigenvalue weighted by Gasteiger charge is 2.22. The third-order valence-corrected chi connectivity index (χ3v) is 5.83. The molecule has 4 rings (SSSR count). The van der Waals surface area contributed by atoms with Crippen molar-refractivity contribution in [2.24, 2.45) is 5.92 Å². The van der Waals surface area contributed by atoms with Gasteiger partial charge < -0.3 is 15.2 Å². The predicted molar refractivity (Wildman–Crippen MR) is 116 cm³/mol. The summed E-state index contributed by atoms with van der Waals surface area (Å²) in [6.07, 6.45) is 5.28. The van der Waals surface area contributed by atoms with Gasteiger partial charge in [-0.2, -0.15) is 0 Å². The van der Waals surface area contributed by atoms with Crippen LogP contribution in [-0.2, 0) is 29.2 Å². The Morgan fingerprint density at radius 3 is 2.48 bits per heavy atom. The summed E-state index contributed by atoms with van der Waals surface area (Å²) in [4.78, 5) is 29.8. The van der Waals surface area contributed by atoms with E-state index in [-0.39, 0.29) is 36.6 Å². The molecule has 31 heavy (non-hydrogen) atoms. The van der Waals surface area contributed by atoms with E-state index in [4.69, 9.17) is 0 Å². The first-order valence-corrected chi connectivity index (χ1v) is 10.8. The number of fused-ring (bicyclic) bond motifs is 1. The maximum atomic E-state index is 13.1. The molecule has 2 aromatic carbocycles. The van der Waals surface area contributed by atoms with Gasteiger partial charge in [-0.3, -0.25) is 9.59 Å². The number of benzene rings is 2. The van der Waals surface area contributed by atoms with Crippen LogP contribution in [0.3, 0.4) is 0 Å². The maximum Gasteiger partial charge on any atom is 0.240 e. The number of nitrogens with zero attached hydrogens (tertiary/aromatic N) is 2. The molecule has 2 N–H and O–H groups in total. The van der Waals surface area contributed by atoms with Gasteiger partial charge in [-0.05, 0) is 42.7 Å². The van der Waals surface area contributed by atoms with Crippen LogP contribution in [0.4, 0.5) is 4.39 Å². The second-order valence-electron chi connectivity index (χ2n) is 8.06. The molecular weight excluding hydrogens is 395 g/mol. The molecule has 1 aromatic heterocycles. The monoisotopic (exact) mass is 422 g/mol. The molecule has 7 heteroatoms. The Morgan fingerprint density at radius 1 is 0.968 bits per heavy atom. The molecule has 162 valence electrons. The Hall–Kier alpha value is -3.22. The zero-order valence-corrected chi connectivity index (χ0v) is 17.4. The van der Waals surface area contributed by atoms with Gasteiger partial charge in [0.15, 0.2) is 0 Å². The van der Waals surface area contributed by atoms with E-state index in [0.717, 1.165) is 42.3 Å². The highest BCUT2D eigenvalue weighted by Crippen LogP contribution is 2.24. The Balaban J connectivity index is 1.43. The molecule has 0 unspecified atom stereocenters. The van der Waals surface area contributed by atoms with Crippen molar-refractivity contribution in [1.82, 2.24) is 20.2 Å². The molecule has 1 heterocycles. The van der Waals surface area contributed by atoms with E-state index in [0.29, 0.717) is 12.4 Å². The van der Waals surface area contributed by atoms with E-state index >= 15 is 0 Å². The minimum atomic E-state index is -0.306. The number of aromatic nitrogens is 2. The lowest BCUT2D eigenvalue weighted by Gasteiger charge is -2.20. The minimum Gasteiger partial charge on any atom is -0.350 e. The second kappa shape index (κ2) is 9.73. The van der Waals surface area contributed by atoms with Crippen molar-refractivity contribution >= 4 is 22.8 Å². The van der Waals surface area contributed by atoms with Gasteiger partial charge in [0.05, 0.1) is 17.6 Å². The van der Waals surface area contributed by atoms with Crippen molar-refractivity contribution in [2.45, 2.75) is 51.7 Å². The summed E-state index contributed by atoms with van der Waals surface area (Å²) in [6.45, 7) is 0.699. The smallest absolute Gasteiger partial charge is 0.240 e. The lowest BCUT2D eigenvalue weighted by atomic mass is 9.89. The van der Waals surface area contributed by atoms with Crippen LogP contribution in [-0.4, -0.2) is 21.4 Å². The quantitative estimate of drug-likeness (QED) is 0.610. The van der Waals surface area contributed by atoms with Crippen LogP contribution >= 0.6 is 0 Å². The van der Waals surface area contributed by atoms with E-state index in [1.165, 1.54) is 18.6 Å². The average molecular weight is 423 g/mol. The Bertz CT molecular complexity index is 1060. The summed E-state index contributed by atoms with van der Waals surface area (Å²) in [5.74, 6) is 0.319. The first kappa shape index (κ1) is 21.0. The molecular formula is C24H27FN4O2. The van der Waals surface area contributed by atoms with Crippen molar-refractivity contribution in [3.05, 3.63) is 65.7 Å². The third kappa shape index (κ3) is 5.29. The van der Waals surface area contributed by atoms with E-state index < -0.39 is 0 Å². The molecule has 1 aliphatic carbocycles. The van der Waals surface area contributed by atoms with Gasteiger partial charge in [0, 0.05) is 12.5 Å². The molecule has 0 spiro atoms. The summed E-state index contributed by atoms with van der Waals surface area (Å²) in [5.41, 5.74) is 2.46. The lowest BCUT2D eigenvalue weighted by Crippen LogP contribution is -2.33. The van der Waals surface area contributed by atoms with E-state index in [2.05, 4.69) is 15.6 Å². The van der Waals surface area contributed by atoms with Gasteiger partial charge in [0.25, 0.3) is 0 Å². The first-order chi connectivity index (χ1) is 15.1. The van der Waals surface area contributed by atoms with Gasteiger partial charge >= 0.3 is 0 Å². The minimum absolute atomic E-state index is 0.0686. The number of hydrogen-bond donors (Lipinski definition) is 2. The van der Waals surface area contributed by atoms with Crippen molar-refractivity contribution in [2.75, 3.05) is 0 Å². The fourth-order valence-corrected chi connectivity index (χ4v) is 4.11. The fraction of sp³-hybridized carbons (Fsp3) is 0.375. The van der Waals surface area contributed by atoms with Gasteiger partial charge in [0.1, 0.15) is 18.2 Å². The molecule has 1 fully saturated rings. The van der Waals surface area contributed by atoms with Crippen LogP contribution in [0.1, 0.15) is 43.5 Å². The van der Waals surface area contributed by atoms with Crippen LogP contribution in [0.15, 0.2) is 48.5 Å². The van der Waals surface area contributed by atoms with E-state index in [9.17, 15) is 14.0 Å². The third-order valence-electron chi connectivity index (χ3n) is 5.83. The summed E-state index contributed by atoms with van der Waals surface area (Å²) < 4.78 is 14.9. The number of halogens is 1. The largest absolute Gasteiger partial charge is 0.350 e. The van der Waals surface area contributed by atoms with Crippen LogP contribution < -0.4 is 10.6 Å². The molecule has 0 saturated heterocycles. The number of imidazole rings is 1. The topological polar surface area (TPSA) is 76.0 Å². The molecule has 2 amide bonds. The molecule has 0 radical (unpaired) electrons. The Kier molecular flexibility index (Phi) is 6.60. The zero-order chi connectivity index (χ0) is 21.6. The number of para-hydroxylation sites is 2. The van der Waals surface area contributed by atoms with Crippen LogP contribution in [0.25, 0.3) is 11.0 Å². The summed E-state index contributed by atoms with van der Waals surface area (Å²) in [7, 11) is 0.